The average Bonchev–Trinajstić information content (AvgIpc) is 2.32. The van der Waals surface area contributed by atoms with Crippen molar-refractivity contribution < 1.29 is 9.53 Å². The Morgan fingerprint density at radius 2 is 2.00 bits per heavy atom. The third kappa shape index (κ3) is 3.39. The normalized spacial score (nSPS) is 10.8. The molecule has 1 rings (SSSR count). The Morgan fingerprint density at radius 1 is 1.39 bits per heavy atom. The summed E-state index contributed by atoms with van der Waals surface area (Å²) in [6.45, 7) is 8.38. The maximum Gasteiger partial charge on any atom is 0.181 e. The van der Waals surface area contributed by atoms with Gasteiger partial charge >= 0.3 is 0 Å². The molecule has 0 fully saturated rings. The van der Waals surface area contributed by atoms with E-state index in [4.69, 9.17) is 27.9 Å². The lowest BCUT2D eigenvalue weighted by molar-refractivity contribution is 0.101. The largest absolute Gasteiger partial charge is 0.493 e. The Kier molecular flexibility index (Phi) is 5.48. The molecule has 18 heavy (non-hydrogen) atoms. The highest BCUT2D eigenvalue weighted by atomic mass is 35.5. The predicted molar refractivity (Wildman–Crippen MR) is 76.3 cm³/mol. The number of halogens is 2. The highest BCUT2D eigenvalue weighted by Gasteiger charge is 2.19. The van der Waals surface area contributed by atoms with Crippen LogP contribution in [-0.2, 0) is 0 Å². The Labute approximate surface area is 118 Å². The van der Waals surface area contributed by atoms with E-state index in [-0.39, 0.29) is 11.7 Å². The summed E-state index contributed by atoms with van der Waals surface area (Å²) in [7, 11) is 0. The lowest BCUT2D eigenvalue weighted by Crippen LogP contribution is -2.11. The maximum atomic E-state index is 11.9. The summed E-state index contributed by atoms with van der Waals surface area (Å²) in [5, 5.41) is 0.598. The molecule has 0 heterocycles. The van der Waals surface area contributed by atoms with Gasteiger partial charge in [0.2, 0.25) is 0 Å². The summed E-state index contributed by atoms with van der Waals surface area (Å²) in [6.07, 6.45) is 0. The second-order valence-corrected chi connectivity index (χ2v) is 5.41. The van der Waals surface area contributed by atoms with Crippen LogP contribution in [0.5, 0.6) is 5.75 Å². The van der Waals surface area contributed by atoms with Crippen molar-refractivity contribution in [1.29, 1.82) is 0 Å². The van der Waals surface area contributed by atoms with Crippen molar-refractivity contribution in [3.05, 3.63) is 27.8 Å². The van der Waals surface area contributed by atoms with Crippen LogP contribution >= 0.6 is 23.2 Å². The van der Waals surface area contributed by atoms with Gasteiger partial charge in [0, 0.05) is 5.02 Å². The van der Waals surface area contributed by atoms with Crippen LogP contribution in [-0.4, -0.2) is 18.3 Å². The van der Waals surface area contributed by atoms with Crippen LogP contribution in [0.15, 0.2) is 6.07 Å². The number of rotatable bonds is 5. The molecule has 1 aromatic carbocycles. The summed E-state index contributed by atoms with van der Waals surface area (Å²) in [6, 6.07) is 1.80. The minimum absolute atomic E-state index is 0.0712. The Balaban J connectivity index is 3.25. The van der Waals surface area contributed by atoms with Crippen molar-refractivity contribution in [1.82, 2.24) is 0 Å². The zero-order chi connectivity index (χ0) is 13.9. The van der Waals surface area contributed by atoms with Gasteiger partial charge in [0.1, 0.15) is 5.75 Å². The van der Waals surface area contributed by atoms with E-state index in [1.807, 2.05) is 13.8 Å². The molecule has 0 N–H and O–H groups in total. The van der Waals surface area contributed by atoms with E-state index < -0.39 is 0 Å². The first kappa shape index (κ1) is 15.3. The molecule has 0 spiro atoms. The third-order valence-electron chi connectivity index (χ3n) is 2.62. The van der Waals surface area contributed by atoms with Crippen LogP contribution in [0.25, 0.3) is 0 Å². The van der Waals surface area contributed by atoms with Gasteiger partial charge in [-0.3, -0.25) is 4.79 Å². The molecule has 100 valence electrons. The quantitative estimate of drug-likeness (QED) is 0.592. The molecule has 0 unspecified atom stereocenters. The van der Waals surface area contributed by atoms with Gasteiger partial charge in [-0.1, -0.05) is 25.4 Å². The van der Waals surface area contributed by atoms with Crippen molar-refractivity contribution in [3.8, 4) is 5.75 Å². The molecule has 0 aliphatic heterocycles. The lowest BCUT2D eigenvalue weighted by Gasteiger charge is -2.16. The number of aryl methyl sites for hydroxylation is 1. The summed E-state index contributed by atoms with van der Waals surface area (Å²) < 4.78 is 5.70. The second-order valence-electron chi connectivity index (χ2n) is 4.77. The highest BCUT2D eigenvalue weighted by molar-refractivity contribution is 6.34. The Bertz CT molecular complexity index is 454. The molecule has 0 saturated carbocycles. The first-order valence-corrected chi connectivity index (χ1v) is 6.81. The van der Waals surface area contributed by atoms with Gasteiger partial charge < -0.3 is 4.74 Å². The monoisotopic (exact) mass is 288 g/mol. The molecule has 0 radical (unpaired) electrons. The lowest BCUT2D eigenvalue weighted by atomic mass is 10.0. The number of hydrogen-bond donors (Lipinski definition) is 0. The third-order valence-corrected chi connectivity index (χ3v) is 3.44. The fourth-order valence-corrected chi connectivity index (χ4v) is 1.99. The minimum atomic E-state index is -0.158. The standard InChI is InChI=1S/C14H18Cl2O2/c1-8(2)7-18-12-5-9(3)14(16)10(4)13(12)11(17)6-15/h5,8H,6-7H2,1-4H3. The van der Waals surface area contributed by atoms with Crippen molar-refractivity contribution in [2.75, 3.05) is 12.5 Å². The molecule has 1 aromatic rings. The fourth-order valence-electron chi connectivity index (χ4n) is 1.71. The molecular formula is C14H18Cl2O2. The first-order chi connectivity index (χ1) is 8.38. The van der Waals surface area contributed by atoms with Crippen molar-refractivity contribution in [2.24, 2.45) is 5.92 Å². The number of Topliss-reactive ketones (excluding diaryl/α,β-unsaturated/α-hetero) is 1. The number of ketones is 1. The van der Waals surface area contributed by atoms with E-state index in [2.05, 4.69) is 13.8 Å². The summed E-state index contributed by atoms with van der Waals surface area (Å²) >= 11 is 11.8. The summed E-state index contributed by atoms with van der Waals surface area (Å²) in [5.41, 5.74) is 2.14. The van der Waals surface area contributed by atoms with Gasteiger partial charge in [-0.15, -0.1) is 11.6 Å². The molecule has 0 aliphatic carbocycles. The van der Waals surface area contributed by atoms with E-state index in [1.165, 1.54) is 0 Å². The zero-order valence-corrected chi connectivity index (χ0v) is 12.7. The minimum Gasteiger partial charge on any atom is -0.493 e. The fraction of sp³-hybridized carbons (Fsp3) is 0.500. The molecule has 0 saturated heterocycles. The SMILES string of the molecule is Cc1cc(OCC(C)C)c(C(=O)CCl)c(C)c1Cl. The average molecular weight is 289 g/mol. The second kappa shape index (κ2) is 6.44. The molecule has 0 amide bonds. The molecule has 4 heteroatoms. The van der Waals surface area contributed by atoms with Gasteiger partial charge in [0.05, 0.1) is 18.1 Å². The van der Waals surface area contributed by atoms with Crippen LogP contribution in [0, 0.1) is 19.8 Å². The van der Waals surface area contributed by atoms with Gasteiger partial charge in [0.25, 0.3) is 0 Å². The zero-order valence-electron chi connectivity index (χ0n) is 11.1. The van der Waals surface area contributed by atoms with Crippen LogP contribution in [0.2, 0.25) is 5.02 Å². The molecule has 0 bridgehead atoms. The van der Waals surface area contributed by atoms with Crippen LogP contribution in [0.4, 0.5) is 0 Å². The van der Waals surface area contributed by atoms with Crippen LogP contribution in [0.3, 0.4) is 0 Å². The summed E-state index contributed by atoms with van der Waals surface area (Å²) in [5.74, 6) is 0.738. The number of hydrogen-bond acceptors (Lipinski definition) is 2. The number of carbonyl (C=O) groups excluding carboxylic acids is 1. The number of alkyl halides is 1. The van der Waals surface area contributed by atoms with Crippen molar-refractivity contribution >= 4 is 29.0 Å². The summed E-state index contributed by atoms with van der Waals surface area (Å²) in [4.78, 5) is 11.9. The van der Waals surface area contributed by atoms with E-state index in [1.54, 1.807) is 6.07 Å². The molecule has 0 atom stereocenters. The number of benzene rings is 1. The number of ether oxygens (including phenoxy) is 1. The van der Waals surface area contributed by atoms with Crippen molar-refractivity contribution in [2.45, 2.75) is 27.7 Å². The molecule has 0 aliphatic rings. The van der Waals surface area contributed by atoms with E-state index in [0.29, 0.717) is 28.9 Å². The topological polar surface area (TPSA) is 26.3 Å². The van der Waals surface area contributed by atoms with Crippen molar-refractivity contribution in [3.63, 3.8) is 0 Å². The smallest absolute Gasteiger partial charge is 0.181 e. The van der Waals surface area contributed by atoms with Gasteiger partial charge in [-0.2, -0.15) is 0 Å². The predicted octanol–water partition coefficient (Wildman–Crippen LogP) is 4.41. The van der Waals surface area contributed by atoms with E-state index in [0.717, 1.165) is 11.1 Å². The van der Waals surface area contributed by atoms with Gasteiger partial charge in [0.15, 0.2) is 5.78 Å². The molecule has 0 aromatic heterocycles. The Morgan fingerprint density at radius 3 is 2.50 bits per heavy atom. The van der Waals surface area contributed by atoms with Crippen LogP contribution in [0.1, 0.15) is 35.3 Å². The molecule has 2 nitrogen and oxygen atoms in total. The van der Waals surface area contributed by atoms with Gasteiger partial charge in [-0.25, -0.2) is 0 Å². The molecular weight excluding hydrogens is 271 g/mol. The Hall–Kier alpha value is -0.730. The maximum absolute atomic E-state index is 11.9. The van der Waals surface area contributed by atoms with Crippen LogP contribution < -0.4 is 4.74 Å². The van der Waals surface area contributed by atoms with Gasteiger partial charge in [-0.05, 0) is 37.0 Å². The number of carbonyl (C=O) groups is 1. The van der Waals surface area contributed by atoms with E-state index >= 15 is 0 Å². The highest BCUT2D eigenvalue weighted by Crippen LogP contribution is 2.32. The van der Waals surface area contributed by atoms with E-state index in [9.17, 15) is 4.79 Å². The first-order valence-electron chi connectivity index (χ1n) is 5.90.